The number of hydrogen-bond acceptors (Lipinski definition) is 3. The van der Waals surface area contributed by atoms with Gasteiger partial charge in [0, 0.05) is 24.0 Å². The molecule has 0 bridgehead atoms. The fourth-order valence-corrected chi connectivity index (χ4v) is 1.38. The quantitative estimate of drug-likeness (QED) is 0.633. The van der Waals surface area contributed by atoms with Crippen molar-refractivity contribution in [2.45, 2.75) is 12.8 Å². The number of nitro benzene ring substituents is 1. The summed E-state index contributed by atoms with van der Waals surface area (Å²) in [6.45, 7) is 0. The third-order valence-corrected chi connectivity index (χ3v) is 2.54. The van der Waals surface area contributed by atoms with Gasteiger partial charge in [0.15, 0.2) is 0 Å². The molecule has 1 aliphatic carbocycles. The van der Waals surface area contributed by atoms with E-state index in [0.29, 0.717) is 11.6 Å². The maximum Gasteiger partial charge on any atom is 0.323 e. The highest BCUT2D eigenvalue weighted by molar-refractivity contribution is 5.89. The van der Waals surface area contributed by atoms with E-state index in [4.69, 9.17) is 0 Å². The summed E-state index contributed by atoms with van der Waals surface area (Å²) in [7, 11) is 0. The summed E-state index contributed by atoms with van der Waals surface area (Å²) < 4.78 is 0. The zero-order valence-corrected chi connectivity index (χ0v) is 9.63. The number of nitrogens with one attached hydrogen (secondary N) is 2. The minimum atomic E-state index is -0.484. The molecule has 1 aliphatic rings. The van der Waals surface area contributed by atoms with Gasteiger partial charge in [-0.3, -0.25) is 10.1 Å². The molecule has 1 aromatic rings. The summed E-state index contributed by atoms with van der Waals surface area (Å²) in [5.41, 5.74) is 0.507. The van der Waals surface area contributed by atoms with Gasteiger partial charge in [-0.25, -0.2) is 4.79 Å². The highest BCUT2D eigenvalue weighted by Gasteiger charge is 2.17. The standard InChI is InChI=1S/C12H13N3O3/c16-12(13-8-7-9-1-2-9)14-10-3-5-11(6-4-10)15(17)18/h3-9H,1-2H2,(H2,13,14,16)/b8-7+. The Morgan fingerprint density at radius 3 is 2.56 bits per heavy atom. The number of anilines is 1. The molecule has 2 amide bonds. The van der Waals surface area contributed by atoms with Crippen LogP contribution in [0.3, 0.4) is 0 Å². The Bertz CT molecular complexity index is 478. The highest BCUT2D eigenvalue weighted by Crippen LogP contribution is 2.29. The molecule has 0 spiro atoms. The molecule has 18 heavy (non-hydrogen) atoms. The number of carbonyl (C=O) groups excluding carboxylic acids is 1. The van der Waals surface area contributed by atoms with E-state index in [1.54, 1.807) is 6.20 Å². The van der Waals surface area contributed by atoms with Crippen LogP contribution in [0.5, 0.6) is 0 Å². The second-order valence-electron chi connectivity index (χ2n) is 4.10. The molecule has 0 heterocycles. The second-order valence-corrected chi connectivity index (χ2v) is 4.10. The van der Waals surface area contributed by atoms with Crippen molar-refractivity contribution in [1.29, 1.82) is 0 Å². The van der Waals surface area contributed by atoms with Crippen molar-refractivity contribution in [3.05, 3.63) is 46.7 Å². The van der Waals surface area contributed by atoms with Gasteiger partial charge >= 0.3 is 6.03 Å². The van der Waals surface area contributed by atoms with Gasteiger partial charge in [0.2, 0.25) is 0 Å². The van der Waals surface area contributed by atoms with Crippen LogP contribution in [0.25, 0.3) is 0 Å². The van der Waals surface area contributed by atoms with Gasteiger partial charge in [0.1, 0.15) is 0 Å². The number of rotatable bonds is 4. The zero-order chi connectivity index (χ0) is 13.0. The summed E-state index contributed by atoms with van der Waals surface area (Å²) in [4.78, 5) is 21.4. The molecule has 2 N–H and O–H groups in total. The Morgan fingerprint density at radius 1 is 1.33 bits per heavy atom. The van der Waals surface area contributed by atoms with Crippen molar-refractivity contribution in [3.63, 3.8) is 0 Å². The molecule has 6 nitrogen and oxygen atoms in total. The number of urea groups is 1. The predicted octanol–water partition coefficient (Wildman–Crippen LogP) is 2.64. The molecule has 0 saturated heterocycles. The number of nitrogens with zero attached hydrogens (tertiary/aromatic N) is 1. The maximum atomic E-state index is 11.4. The van der Waals surface area contributed by atoms with E-state index in [1.165, 1.54) is 37.1 Å². The molecule has 2 rings (SSSR count). The largest absolute Gasteiger partial charge is 0.323 e. The van der Waals surface area contributed by atoms with E-state index in [0.717, 1.165) is 0 Å². The lowest BCUT2D eigenvalue weighted by Gasteiger charge is -2.03. The SMILES string of the molecule is O=C(N/C=C/C1CC1)Nc1ccc([N+](=O)[O-])cc1. The first-order valence-electron chi connectivity index (χ1n) is 5.64. The molecule has 1 saturated carbocycles. The van der Waals surface area contributed by atoms with Gasteiger partial charge in [-0.2, -0.15) is 0 Å². The molecule has 94 valence electrons. The number of nitro groups is 1. The maximum absolute atomic E-state index is 11.4. The van der Waals surface area contributed by atoms with Crippen molar-refractivity contribution >= 4 is 17.4 Å². The zero-order valence-electron chi connectivity index (χ0n) is 9.63. The van der Waals surface area contributed by atoms with E-state index < -0.39 is 4.92 Å². The van der Waals surface area contributed by atoms with E-state index in [-0.39, 0.29) is 11.7 Å². The number of non-ortho nitro benzene ring substituents is 1. The van der Waals surface area contributed by atoms with Gasteiger partial charge in [-0.15, -0.1) is 0 Å². The number of amides is 2. The van der Waals surface area contributed by atoms with Crippen molar-refractivity contribution in [3.8, 4) is 0 Å². The third kappa shape index (κ3) is 3.58. The number of allylic oxidation sites excluding steroid dienone is 1. The van der Waals surface area contributed by atoms with E-state index in [9.17, 15) is 14.9 Å². The first-order chi connectivity index (χ1) is 8.65. The summed E-state index contributed by atoms with van der Waals surface area (Å²) in [5.74, 6) is 0.602. The average molecular weight is 247 g/mol. The fourth-order valence-electron chi connectivity index (χ4n) is 1.38. The summed E-state index contributed by atoms with van der Waals surface area (Å²) in [6.07, 6.45) is 5.94. The lowest BCUT2D eigenvalue weighted by Crippen LogP contribution is -2.23. The number of carbonyl (C=O) groups is 1. The van der Waals surface area contributed by atoms with Crippen LogP contribution in [-0.2, 0) is 0 Å². The molecule has 0 unspecified atom stereocenters. The second kappa shape index (κ2) is 5.31. The average Bonchev–Trinajstić information content (AvgIpc) is 3.13. The molecular formula is C12H13N3O3. The fraction of sp³-hybridized carbons (Fsp3) is 0.250. The van der Waals surface area contributed by atoms with Gasteiger partial charge in [-0.1, -0.05) is 6.08 Å². The summed E-state index contributed by atoms with van der Waals surface area (Å²) >= 11 is 0. The van der Waals surface area contributed by atoms with E-state index >= 15 is 0 Å². The normalized spacial score (nSPS) is 14.4. The van der Waals surface area contributed by atoms with Crippen molar-refractivity contribution in [2.75, 3.05) is 5.32 Å². The minimum Gasteiger partial charge on any atom is -0.315 e. The van der Waals surface area contributed by atoms with Crippen LogP contribution in [-0.4, -0.2) is 11.0 Å². The third-order valence-electron chi connectivity index (χ3n) is 2.54. The van der Waals surface area contributed by atoms with E-state index in [2.05, 4.69) is 10.6 Å². The molecule has 1 aromatic carbocycles. The first kappa shape index (κ1) is 12.1. The Kier molecular flexibility index (Phi) is 3.57. The van der Waals surface area contributed by atoms with Crippen molar-refractivity contribution < 1.29 is 9.72 Å². The molecule has 0 radical (unpaired) electrons. The van der Waals surface area contributed by atoms with Crippen LogP contribution >= 0.6 is 0 Å². The Hall–Kier alpha value is -2.37. The van der Waals surface area contributed by atoms with Crippen molar-refractivity contribution in [2.24, 2.45) is 5.92 Å². The first-order valence-corrected chi connectivity index (χ1v) is 5.64. The number of benzene rings is 1. The Balaban J connectivity index is 1.84. The number of hydrogen-bond donors (Lipinski definition) is 2. The highest BCUT2D eigenvalue weighted by atomic mass is 16.6. The van der Waals surface area contributed by atoms with Gasteiger partial charge in [0.05, 0.1) is 4.92 Å². The van der Waals surface area contributed by atoms with Crippen LogP contribution < -0.4 is 10.6 Å². The smallest absolute Gasteiger partial charge is 0.315 e. The van der Waals surface area contributed by atoms with E-state index in [1.807, 2.05) is 6.08 Å². The van der Waals surface area contributed by atoms with Crippen molar-refractivity contribution in [1.82, 2.24) is 5.32 Å². The molecule has 1 fully saturated rings. The molecular weight excluding hydrogens is 234 g/mol. The predicted molar refractivity (Wildman–Crippen MR) is 67.1 cm³/mol. The van der Waals surface area contributed by atoms with Crippen LogP contribution in [0.4, 0.5) is 16.2 Å². The lowest BCUT2D eigenvalue weighted by molar-refractivity contribution is -0.384. The Morgan fingerprint density at radius 2 is 2.00 bits per heavy atom. The van der Waals surface area contributed by atoms with Crippen LogP contribution in [0.1, 0.15) is 12.8 Å². The Labute approximate surface area is 104 Å². The van der Waals surface area contributed by atoms with Gasteiger partial charge in [-0.05, 0) is 30.9 Å². The van der Waals surface area contributed by atoms with Crippen LogP contribution in [0.15, 0.2) is 36.5 Å². The molecule has 0 atom stereocenters. The molecule has 6 heteroatoms. The summed E-state index contributed by atoms with van der Waals surface area (Å²) in [5, 5.41) is 15.6. The van der Waals surface area contributed by atoms with Gasteiger partial charge < -0.3 is 10.6 Å². The molecule has 0 aliphatic heterocycles. The monoisotopic (exact) mass is 247 g/mol. The van der Waals surface area contributed by atoms with Crippen LogP contribution in [0.2, 0.25) is 0 Å². The summed E-state index contributed by atoms with van der Waals surface area (Å²) in [6, 6.07) is 5.30. The van der Waals surface area contributed by atoms with Gasteiger partial charge in [0.25, 0.3) is 5.69 Å². The molecule has 0 aromatic heterocycles. The topological polar surface area (TPSA) is 84.3 Å². The lowest BCUT2D eigenvalue weighted by atomic mass is 10.3. The van der Waals surface area contributed by atoms with Crippen LogP contribution in [0, 0.1) is 16.0 Å². The minimum absolute atomic E-state index is 0.00501.